The fourth-order valence-corrected chi connectivity index (χ4v) is 2.57. The summed E-state index contributed by atoms with van der Waals surface area (Å²) in [6.45, 7) is 0.668. The van der Waals surface area contributed by atoms with Gasteiger partial charge in [0.2, 0.25) is 5.91 Å². The summed E-state index contributed by atoms with van der Waals surface area (Å²) in [6, 6.07) is 21.0. The number of nitrogens with one attached hydrogen (secondary N) is 1. The number of rotatable bonds is 7. The van der Waals surface area contributed by atoms with Crippen molar-refractivity contribution in [2.75, 3.05) is 12.4 Å². The molecule has 0 aliphatic heterocycles. The van der Waals surface area contributed by atoms with Gasteiger partial charge < -0.3 is 5.32 Å². The van der Waals surface area contributed by atoms with Crippen LogP contribution in [0.1, 0.15) is 29.9 Å². The Kier molecular flexibility index (Phi) is 6.29. The van der Waals surface area contributed by atoms with Gasteiger partial charge in [-0.3, -0.25) is 4.79 Å². The Labute approximate surface area is 131 Å². The molecule has 0 unspecified atom stereocenters. The average Bonchev–Trinajstić information content (AvgIpc) is 2.56. The fraction of sp³-hybridized carbons (Fsp3) is 0.278. The standard InChI is InChI=1S/C18H20ClNO/c19-14-18(21)20-13-7-12-17(15-8-3-1-4-9-15)16-10-5-2-6-11-16/h1-6,8-11,17H,7,12-14H2,(H,20,21). The van der Waals surface area contributed by atoms with Crippen LogP contribution in [0.3, 0.4) is 0 Å². The topological polar surface area (TPSA) is 29.1 Å². The Morgan fingerprint density at radius 2 is 1.48 bits per heavy atom. The molecule has 21 heavy (non-hydrogen) atoms. The smallest absolute Gasteiger partial charge is 0.234 e. The van der Waals surface area contributed by atoms with Crippen molar-refractivity contribution in [1.82, 2.24) is 5.32 Å². The highest BCUT2D eigenvalue weighted by Gasteiger charge is 2.13. The molecule has 2 aromatic rings. The maximum atomic E-state index is 11.2. The third kappa shape index (κ3) is 4.91. The third-order valence-corrected chi connectivity index (χ3v) is 3.76. The largest absolute Gasteiger partial charge is 0.355 e. The predicted molar refractivity (Wildman–Crippen MR) is 87.7 cm³/mol. The van der Waals surface area contributed by atoms with E-state index in [2.05, 4.69) is 53.8 Å². The molecular formula is C18H20ClNO. The molecule has 0 aliphatic rings. The molecular weight excluding hydrogens is 282 g/mol. The van der Waals surface area contributed by atoms with Crippen LogP contribution < -0.4 is 5.32 Å². The van der Waals surface area contributed by atoms with E-state index < -0.39 is 0 Å². The Bertz CT molecular complexity index is 502. The molecule has 2 rings (SSSR count). The molecule has 1 amide bonds. The number of benzene rings is 2. The van der Waals surface area contributed by atoms with E-state index in [1.807, 2.05) is 12.1 Å². The van der Waals surface area contributed by atoms with Crippen LogP contribution in [0.4, 0.5) is 0 Å². The molecule has 0 heterocycles. The minimum Gasteiger partial charge on any atom is -0.355 e. The zero-order chi connectivity index (χ0) is 14.9. The average molecular weight is 302 g/mol. The summed E-state index contributed by atoms with van der Waals surface area (Å²) in [4.78, 5) is 11.2. The summed E-state index contributed by atoms with van der Waals surface area (Å²) in [5.41, 5.74) is 2.62. The second-order valence-corrected chi connectivity index (χ2v) is 5.27. The minimum absolute atomic E-state index is 0.0286. The first kappa shape index (κ1) is 15.6. The molecule has 2 aromatic carbocycles. The van der Waals surface area contributed by atoms with Crippen molar-refractivity contribution in [3.63, 3.8) is 0 Å². The zero-order valence-corrected chi connectivity index (χ0v) is 12.7. The van der Waals surface area contributed by atoms with E-state index in [1.165, 1.54) is 11.1 Å². The number of alkyl halides is 1. The van der Waals surface area contributed by atoms with Gasteiger partial charge in [-0.05, 0) is 24.0 Å². The van der Waals surface area contributed by atoms with Crippen LogP contribution in [-0.4, -0.2) is 18.3 Å². The Balaban J connectivity index is 2.02. The summed E-state index contributed by atoms with van der Waals surface area (Å²) in [7, 11) is 0. The lowest BCUT2D eigenvalue weighted by atomic mass is 9.87. The van der Waals surface area contributed by atoms with Crippen molar-refractivity contribution in [2.24, 2.45) is 0 Å². The van der Waals surface area contributed by atoms with Crippen molar-refractivity contribution in [3.8, 4) is 0 Å². The summed E-state index contributed by atoms with van der Waals surface area (Å²) < 4.78 is 0. The Hall–Kier alpha value is -1.80. The van der Waals surface area contributed by atoms with Crippen molar-refractivity contribution in [1.29, 1.82) is 0 Å². The molecule has 3 heteroatoms. The highest BCUT2D eigenvalue weighted by atomic mass is 35.5. The van der Waals surface area contributed by atoms with E-state index in [4.69, 9.17) is 11.6 Å². The van der Waals surface area contributed by atoms with E-state index in [-0.39, 0.29) is 11.8 Å². The van der Waals surface area contributed by atoms with Gasteiger partial charge in [0.15, 0.2) is 0 Å². The zero-order valence-electron chi connectivity index (χ0n) is 12.0. The second-order valence-electron chi connectivity index (χ2n) is 5.00. The van der Waals surface area contributed by atoms with Gasteiger partial charge in [-0.25, -0.2) is 0 Å². The quantitative estimate of drug-likeness (QED) is 0.609. The number of halogens is 1. The number of carbonyl (C=O) groups excluding carboxylic acids is 1. The van der Waals surface area contributed by atoms with Crippen molar-refractivity contribution < 1.29 is 4.79 Å². The van der Waals surface area contributed by atoms with Crippen LogP contribution in [0.25, 0.3) is 0 Å². The van der Waals surface area contributed by atoms with E-state index in [1.54, 1.807) is 0 Å². The summed E-state index contributed by atoms with van der Waals surface area (Å²) >= 11 is 5.47. The van der Waals surface area contributed by atoms with Crippen molar-refractivity contribution >= 4 is 17.5 Å². The summed E-state index contributed by atoms with van der Waals surface area (Å²) in [6.07, 6.45) is 1.92. The SMILES string of the molecule is O=C(CCl)NCCCC(c1ccccc1)c1ccccc1. The first-order valence-corrected chi connectivity index (χ1v) is 7.77. The highest BCUT2D eigenvalue weighted by Crippen LogP contribution is 2.28. The number of carbonyl (C=O) groups is 1. The van der Waals surface area contributed by atoms with Gasteiger partial charge in [0, 0.05) is 12.5 Å². The lowest BCUT2D eigenvalue weighted by Gasteiger charge is -2.18. The molecule has 0 atom stereocenters. The molecule has 110 valence electrons. The summed E-state index contributed by atoms with van der Waals surface area (Å²) in [5.74, 6) is 0.286. The van der Waals surface area contributed by atoms with Gasteiger partial charge >= 0.3 is 0 Å². The molecule has 0 radical (unpaired) electrons. The summed E-state index contributed by atoms with van der Waals surface area (Å²) in [5, 5.41) is 2.82. The van der Waals surface area contributed by atoms with Gasteiger partial charge in [-0.1, -0.05) is 60.7 Å². The van der Waals surface area contributed by atoms with E-state index in [0.717, 1.165) is 12.8 Å². The molecule has 0 bridgehead atoms. The van der Waals surface area contributed by atoms with Gasteiger partial charge in [-0.15, -0.1) is 11.6 Å². The number of hydrogen-bond acceptors (Lipinski definition) is 1. The van der Waals surface area contributed by atoms with Crippen LogP contribution in [0.5, 0.6) is 0 Å². The highest BCUT2D eigenvalue weighted by molar-refractivity contribution is 6.27. The number of hydrogen-bond donors (Lipinski definition) is 1. The lowest BCUT2D eigenvalue weighted by molar-refractivity contribution is -0.118. The Morgan fingerprint density at radius 3 is 1.95 bits per heavy atom. The van der Waals surface area contributed by atoms with Gasteiger partial charge in [0.25, 0.3) is 0 Å². The molecule has 0 spiro atoms. The number of amides is 1. The normalized spacial score (nSPS) is 10.6. The molecule has 0 aliphatic carbocycles. The van der Waals surface area contributed by atoms with Crippen LogP contribution >= 0.6 is 11.6 Å². The van der Waals surface area contributed by atoms with Crippen LogP contribution in [-0.2, 0) is 4.79 Å². The van der Waals surface area contributed by atoms with E-state index in [9.17, 15) is 4.79 Å². The molecule has 0 saturated heterocycles. The monoisotopic (exact) mass is 301 g/mol. The molecule has 0 saturated carbocycles. The van der Waals surface area contributed by atoms with Gasteiger partial charge in [0.05, 0.1) is 0 Å². The van der Waals surface area contributed by atoms with Crippen molar-refractivity contribution in [2.45, 2.75) is 18.8 Å². The predicted octanol–water partition coefficient (Wildman–Crippen LogP) is 3.95. The first-order valence-electron chi connectivity index (χ1n) is 7.24. The molecule has 1 N–H and O–H groups in total. The molecule has 2 nitrogen and oxygen atoms in total. The lowest BCUT2D eigenvalue weighted by Crippen LogP contribution is -2.25. The molecule has 0 fully saturated rings. The molecule has 0 aromatic heterocycles. The Morgan fingerprint density at radius 1 is 0.952 bits per heavy atom. The van der Waals surface area contributed by atoms with Crippen LogP contribution in [0.2, 0.25) is 0 Å². The second kappa shape index (κ2) is 8.48. The minimum atomic E-state index is -0.104. The first-order chi connectivity index (χ1) is 10.3. The van der Waals surface area contributed by atoms with Crippen LogP contribution in [0, 0.1) is 0 Å². The van der Waals surface area contributed by atoms with E-state index >= 15 is 0 Å². The maximum absolute atomic E-state index is 11.2. The third-order valence-electron chi connectivity index (χ3n) is 3.52. The van der Waals surface area contributed by atoms with Gasteiger partial charge in [0.1, 0.15) is 5.88 Å². The van der Waals surface area contributed by atoms with E-state index in [0.29, 0.717) is 12.5 Å². The van der Waals surface area contributed by atoms with Crippen molar-refractivity contribution in [3.05, 3.63) is 71.8 Å². The fourth-order valence-electron chi connectivity index (χ4n) is 2.48. The maximum Gasteiger partial charge on any atom is 0.234 e. The van der Waals surface area contributed by atoms with Crippen LogP contribution in [0.15, 0.2) is 60.7 Å². The van der Waals surface area contributed by atoms with Gasteiger partial charge in [-0.2, -0.15) is 0 Å².